The zero-order valence-corrected chi connectivity index (χ0v) is 13.6. The van der Waals surface area contributed by atoms with Gasteiger partial charge in [-0.3, -0.25) is 9.59 Å². The summed E-state index contributed by atoms with van der Waals surface area (Å²) in [6.07, 6.45) is 0. The molecule has 0 saturated carbocycles. The molecule has 0 bridgehead atoms. The van der Waals surface area contributed by atoms with Crippen molar-refractivity contribution >= 4 is 17.5 Å². The third-order valence-corrected chi connectivity index (χ3v) is 3.10. The first kappa shape index (κ1) is 17.6. The van der Waals surface area contributed by atoms with Crippen LogP contribution < -0.4 is 10.6 Å². The summed E-state index contributed by atoms with van der Waals surface area (Å²) in [6, 6.07) is 9.12. The van der Waals surface area contributed by atoms with Crippen molar-refractivity contribution in [2.75, 3.05) is 5.32 Å². The fourth-order valence-electron chi connectivity index (χ4n) is 1.99. The van der Waals surface area contributed by atoms with Crippen molar-refractivity contribution < 1.29 is 18.4 Å². The van der Waals surface area contributed by atoms with Gasteiger partial charge in [0.2, 0.25) is 0 Å². The summed E-state index contributed by atoms with van der Waals surface area (Å²) in [5.74, 6) is -2.65. The van der Waals surface area contributed by atoms with E-state index in [1.165, 1.54) is 30.3 Å². The van der Waals surface area contributed by atoms with Crippen molar-refractivity contribution in [1.82, 2.24) is 5.32 Å². The van der Waals surface area contributed by atoms with Crippen LogP contribution in [0.25, 0.3) is 0 Å². The summed E-state index contributed by atoms with van der Waals surface area (Å²) in [4.78, 5) is 24.1. The van der Waals surface area contributed by atoms with E-state index in [2.05, 4.69) is 10.6 Å². The Morgan fingerprint density at radius 3 is 1.75 bits per heavy atom. The standard InChI is InChI=1S/C18H18F2N2O2/c1-18(2,3)22-17(24)12-9-7-11(8-10-12)16(23)21-15-13(19)5-4-6-14(15)20/h4-10H,1-3H3,(H,21,23)(H,22,24). The molecule has 2 N–H and O–H groups in total. The summed E-state index contributed by atoms with van der Waals surface area (Å²) < 4.78 is 27.1. The number of amides is 2. The maximum absolute atomic E-state index is 13.5. The van der Waals surface area contributed by atoms with Gasteiger partial charge in [0.1, 0.15) is 17.3 Å². The molecule has 0 fully saturated rings. The van der Waals surface area contributed by atoms with E-state index >= 15 is 0 Å². The Morgan fingerprint density at radius 2 is 1.29 bits per heavy atom. The topological polar surface area (TPSA) is 58.2 Å². The van der Waals surface area contributed by atoms with Crippen LogP contribution in [-0.2, 0) is 0 Å². The van der Waals surface area contributed by atoms with Gasteiger partial charge in [-0.25, -0.2) is 8.78 Å². The van der Waals surface area contributed by atoms with Crippen LogP contribution in [0.3, 0.4) is 0 Å². The number of anilines is 1. The van der Waals surface area contributed by atoms with Gasteiger partial charge in [0.25, 0.3) is 11.8 Å². The van der Waals surface area contributed by atoms with E-state index in [0.717, 1.165) is 12.1 Å². The number of carbonyl (C=O) groups is 2. The summed E-state index contributed by atoms with van der Waals surface area (Å²) >= 11 is 0. The fourth-order valence-corrected chi connectivity index (χ4v) is 1.99. The van der Waals surface area contributed by atoms with Crippen LogP contribution in [0.15, 0.2) is 42.5 Å². The highest BCUT2D eigenvalue weighted by atomic mass is 19.1. The first-order chi connectivity index (χ1) is 11.2. The molecule has 2 aromatic rings. The monoisotopic (exact) mass is 332 g/mol. The van der Waals surface area contributed by atoms with Crippen molar-refractivity contribution in [3.63, 3.8) is 0 Å². The third-order valence-electron chi connectivity index (χ3n) is 3.10. The minimum atomic E-state index is -0.857. The molecule has 0 aliphatic heterocycles. The highest BCUT2D eigenvalue weighted by molar-refractivity contribution is 6.05. The largest absolute Gasteiger partial charge is 0.347 e. The maximum atomic E-state index is 13.5. The number of rotatable bonds is 3. The van der Waals surface area contributed by atoms with Crippen LogP contribution in [0.5, 0.6) is 0 Å². The van der Waals surface area contributed by atoms with Crippen LogP contribution in [0, 0.1) is 11.6 Å². The molecular weight excluding hydrogens is 314 g/mol. The van der Waals surface area contributed by atoms with Crippen molar-refractivity contribution in [2.24, 2.45) is 0 Å². The highest BCUT2D eigenvalue weighted by Gasteiger charge is 2.17. The predicted molar refractivity (Wildman–Crippen MR) is 88.0 cm³/mol. The number of hydrogen-bond donors (Lipinski definition) is 2. The lowest BCUT2D eigenvalue weighted by atomic mass is 10.1. The summed E-state index contributed by atoms with van der Waals surface area (Å²) in [7, 11) is 0. The minimum absolute atomic E-state index is 0.185. The van der Waals surface area contributed by atoms with Gasteiger partial charge in [-0.1, -0.05) is 6.07 Å². The van der Waals surface area contributed by atoms with E-state index < -0.39 is 23.2 Å². The SMILES string of the molecule is CC(C)(C)NC(=O)c1ccc(C(=O)Nc2c(F)cccc2F)cc1. The van der Waals surface area contributed by atoms with Gasteiger partial charge in [0, 0.05) is 16.7 Å². The van der Waals surface area contributed by atoms with E-state index in [1.54, 1.807) is 0 Å². The molecule has 0 aliphatic rings. The van der Waals surface area contributed by atoms with E-state index in [1.807, 2.05) is 20.8 Å². The van der Waals surface area contributed by atoms with Crippen molar-refractivity contribution in [2.45, 2.75) is 26.3 Å². The Bertz CT molecular complexity index is 745. The van der Waals surface area contributed by atoms with Crippen LogP contribution in [0.4, 0.5) is 14.5 Å². The van der Waals surface area contributed by atoms with E-state index in [4.69, 9.17) is 0 Å². The average molecular weight is 332 g/mol. The van der Waals surface area contributed by atoms with Gasteiger partial charge in [-0.2, -0.15) is 0 Å². The van der Waals surface area contributed by atoms with E-state index in [0.29, 0.717) is 5.56 Å². The molecule has 0 aliphatic carbocycles. The number of halogens is 2. The van der Waals surface area contributed by atoms with Gasteiger partial charge in [0.05, 0.1) is 0 Å². The quantitative estimate of drug-likeness (QED) is 0.899. The number of carbonyl (C=O) groups excluding carboxylic acids is 2. The first-order valence-corrected chi connectivity index (χ1v) is 7.35. The number of hydrogen-bond acceptors (Lipinski definition) is 2. The molecule has 0 spiro atoms. The van der Waals surface area contributed by atoms with Gasteiger partial charge in [0.15, 0.2) is 0 Å². The van der Waals surface area contributed by atoms with Gasteiger partial charge >= 0.3 is 0 Å². The molecule has 0 atom stereocenters. The summed E-state index contributed by atoms with van der Waals surface area (Å²) in [5, 5.41) is 4.99. The maximum Gasteiger partial charge on any atom is 0.255 e. The predicted octanol–water partition coefficient (Wildman–Crippen LogP) is 3.75. The Balaban J connectivity index is 2.13. The Hall–Kier alpha value is -2.76. The molecule has 0 saturated heterocycles. The van der Waals surface area contributed by atoms with Crippen molar-refractivity contribution in [1.29, 1.82) is 0 Å². The molecule has 2 amide bonds. The lowest BCUT2D eigenvalue weighted by Gasteiger charge is -2.20. The molecule has 24 heavy (non-hydrogen) atoms. The average Bonchev–Trinajstić information content (AvgIpc) is 2.49. The molecule has 6 heteroatoms. The molecule has 4 nitrogen and oxygen atoms in total. The normalized spacial score (nSPS) is 11.0. The lowest BCUT2D eigenvalue weighted by molar-refractivity contribution is 0.0918. The molecule has 2 aromatic carbocycles. The van der Waals surface area contributed by atoms with Crippen LogP contribution >= 0.6 is 0 Å². The van der Waals surface area contributed by atoms with Gasteiger partial charge in [-0.05, 0) is 57.2 Å². The number of nitrogens with one attached hydrogen (secondary N) is 2. The van der Waals surface area contributed by atoms with Gasteiger partial charge in [-0.15, -0.1) is 0 Å². The fraction of sp³-hybridized carbons (Fsp3) is 0.222. The molecule has 2 rings (SSSR count). The third kappa shape index (κ3) is 4.38. The molecule has 0 unspecified atom stereocenters. The zero-order valence-electron chi connectivity index (χ0n) is 13.6. The number of para-hydroxylation sites is 1. The zero-order chi connectivity index (χ0) is 17.9. The summed E-state index contributed by atoms with van der Waals surface area (Å²) in [6.45, 7) is 5.57. The Morgan fingerprint density at radius 1 is 0.833 bits per heavy atom. The summed E-state index contributed by atoms with van der Waals surface area (Å²) in [5.41, 5.74) is -0.310. The van der Waals surface area contributed by atoms with Crippen LogP contribution in [0.2, 0.25) is 0 Å². The smallest absolute Gasteiger partial charge is 0.255 e. The highest BCUT2D eigenvalue weighted by Crippen LogP contribution is 2.19. The van der Waals surface area contributed by atoms with Crippen molar-refractivity contribution in [3.05, 3.63) is 65.2 Å². The van der Waals surface area contributed by atoms with Crippen LogP contribution in [-0.4, -0.2) is 17.4 Å². The molecule has 0 heterocycles. The van der Waals surface area contributed by atoms with Crippen LogP contribution in [0.1, 0.15) is 41.5 Å². The van der Waals surface area contributed by atoms with Gasteiger partial charge < -0.3 is 10.6 Å². The first-order valence-electron chi connectivity index (χ1n) is 7.35. The molecule has 126 valence electrons. The van der Waals surface area contributed by atoms with E-state index in [9.17, 15) is 18.4 Å². The minimum Gasteiger partial charge on any atom is -0.347 e. The second-order valence-corrected chi connectivity index (χ2v) is 6.33. The molecule has 0 radical (unpaired) electrons. The molecule has 0 aromatic heterocycles. The second-order valence-electron chi connectivity index (χ2n) is 6.33. The Kier molecular flexibility index (Phi) is 4.97. The number of benzene rings is 2. The lowest BCUT2D eigenvalue weighted by Crippen LogP contribution is -2.40. The van der Waals surface area contributed by atoms with E-state index in [-0.39, 0.29) is 17.0 Å². The van der Waals surface area contributed by atoms with Crippen molar-refractivity contribution in [3.8, 4) is 0 Å². The second kappa shape index (κ2) is 6.78. The Labute approximate surface area is 138 Å². The molecular formula is C18H18F2N2O2.